The number of hydrogen-bond donors (Lipinski definition) is 3. The van der Waals surface area contributed by atoms with E-state index in [0.717, 1.165) is 31.4 Å². The molecule has 1 heterocycles. The number of fused-ring (bicyclic) bond motifs is 1. The molecule has 1 amide bonds. The highest BCUT2D eigenvalue weighted by Gasteiger charge is 2.53. The Morgan fingerprint density at radius 2 is 1.98 bits per heavy atom. The van der Waals surface area contributed by atoms with Crippen LogP contribution in [0, 0.1) is 24.6 Å². The van der Waals surface area contributed by atoms with Crippen molar-refractivity contribution in [3.63, 3.8) is 0 Å². The second-order valence-electron chi connectivity index (χ2n) is 12.6. The monoisotopic (exact) mass is 698 g/mol. The summed E-state index contributed by atoms with van der Waals surface area (Å²) in [5.41, 5.74) is 4.13. The second kappa shape index (κ2) is 17.6. The van der Waals surface area contributed by atoms with Crippen LogP contribution in [0.25, 0.3) is 0 Å². The SMILES string of the molecule is C=C(C)N(/C=C\C(C)C)CCNC(=O)c1cc(C)c(Nc2ncc(Cl)c(OC3CC4=CCCC=C4[C@@]3(NC)[C@H](C)CC)n2)cc1F.O=S. The molecule has 2 aliphatic rings. The molecule has 260 valence electrons. The van der Waals surface area contributed by atoms with Crippen LogP contribution in [0.2, 0.25) is 5.02 Å². The number of nitrogens with zero attached hydrogens (tertiary/aromatic N) is 3. The Morgan fingerprint density at radius 3 is 2.62 bits per heavy atom. The van der Waals surface area contributed by atoms with Crippen molar-refractivity contribution in [1.82, 2.24) is 25.5 Å². The van der Waals surface area contributed by atoms with Gasteiger partial charge in [0.1, 0.15) is 16.9 Å². The minimum atomic E-state index is -0.657. The number of halogens is 2. The lowest BCUT2D eigenvalue weighted by atomic mass is 9.76. The molecule has 0 spiro atoms. The minimum Gasteiger partial charge on any atom is -0.470 e. The van der Waals surface area contributed by atoms with E-state index in [2.05, 4.69) is 91.0 Å². The lowest BCUT2D eigenvalue weighted by Crippen LogP contribution is -2.57. The Morgan fingerprint density at radius 1 is 1.27 bits per heavy atom. The summed E-state index contributed by atoms with van der Waals surface area (Å²) in [7, 11) is 1.99. The predicted molar refractivity (Wildman–Crippen MR) is 193 cm³/mol. The summed E-state index contributed by atoms with van der Waals surface area (Å²) in [6, 6.07) is 2.80. The molecule has 2 aliphatic carbocycles. The third-order valence-corrected chi connectivity index (χ3v) is 9.22. The third kappa shape index (κ3) is 8.86. The Kier molecular flexibility index (Phi) is 14.3. The summed E-state index contributed by atoms with van der Waals surface area (Å²) in [6.45, 7) is 17.1. The molecule has 0 saturated heterocycles. The zero-order valence-electron chi connectivity index (χ0n) is 29.0. The summed E-state index contributed by atoms with van der Waals surface area (Å²) >= 11 is 9.39. The van der Waals surface area contributed by atoms with Crippen LogP contribution in [-0.4, -0.2) is 56.8 Å². The Hall–Kier alpha value is -3.67. The topological polar surface area (TPSA) is 108 Å². The van der Waals surface area contributed by atoms with Crippen molar-refractivity contribution in [2.75, 3.05) is 25.5 Å². The summed E-state index contributed by atoms with van der Waals surface area (Å²) in [5, 5.41) is 9.80. The highest BCUT2D eigenvalue weighted by atomic mass is 35.5. The molecule has 9 nitrogen and oxygen atoms in total. The maximum absolute atomic E-state index is 15.3. The van der Waals surface area contributed by atoms with Gasteiger partial charge in [-0.2, -0.15) is 9.19 Å². The summed E-state index contributed by atoms with van der Waals surface area (Å²) in [4.78, 5) is 23.8. The number of carbonyl (C=O) groups excluding carboxylic acids is 1. The number of likely N-dealkylation sites (N-methyl/N-ethyl adjacent to an activating group) is 1. The van der Waals surface area contributed by atoms with Gasteiger partial charge in [-0.05, 0) is 74.4 Å². The molecule has 1 unspecified atom stereocenters. The van der Waals surface area contributed by atoms with Crippen LogP contribution in [0.4, 0.5) is 16.0 Å². The number of aromatic nitrogens is 2. The predicted octanol–water partition coefficient (Wildman–Crippen LogP) is 7.52. The fourth-order valence-electron chi connectivity index (χ4n) is 6.26. The van der Waals surface area contributed by atoms with Crippen molar-refractivity contribution in [1.29, 1.82) is 0 Å². The Balaban J connectivity index is 0.00000307. The van der Waals surface area contributed by atoms with E-state index in [4.69, 9.17) is 20.5 Å². The van der Waals surface area contributed by atoms with E-state index < -0.39 is 11.7 Å². The van der Waals surface area contributed by atoms with Gasteiger partial charge in [0, 0.05) is 37.1 Å². The minimum absolute atomic E-state index is 0.0385. The van der Waals surface area contributed by atoms with Crippen LogP contribution in [0.15, 0.2) is 66.2 Å². The molecule has 12 heteroatoms. The average Bonchev–Trinajstić information content (AvgIpc) is 3.39. The Bertz CT molecular complexity index is 1560. The first-order valence-corrected chi connectivity index (χ1v) is 17.0. The first-order valence-electron chi connectivity index (χ1n) is 16.3. The summed E-state index contributed by atoms with van der Waals surface area (Å²) < 4.78 is 29.7. The van der Waals surface area contributed by atoms with Crippen LogP contribution in [0.5, 0.6) is 5.88 Å². The normalized spacial score (nSPS) is 19.1. The number of nitrogens with one attached hydrogen (secondary N) is 3. The number of rotatable bonds is 14. The quantitative estimate of drug-likeness (QED) is 0.185. The van der Waals surface area contributed by atoms with Crippen LogP contribution in [0.1, 0.15) is 76.2 Å². The van der Waals surface area contributed by atoms with Gasteiger partial charge in [0.25, 0.3) is 5.91 Å². The highest BCUT2D eigenvalue weighted by Crippen LogP contribution is 2.48. The van der Waals surface area contributed by atoms with Gasteiger partial charge in [0.15, 0.2) is 12.5 Å². The molecule has 3 N–H and O–H groups in total. The van der Waals surface area contributed by atoms with E-state index in [-0.39, 0.29) is 34.1 Å². The number of benzene rings is 1. The fraction of sp³-hybridized carbons (Fsp3) is 0.472. The molecular formula is C36H48ClFN6O3S. The number of carbonyl (C=O) groups is 1. The number of ether oxygens (including phenoxy) is 1. The average molecular weight is 699 g/mol. The van der Waals surface area contributed by atoms with Crippen molar-refractivity contribution < 1.29 is 18.1 Å². The number of amides is 1. The maximum atomic E-state index is 15.3. The van der Waals surface area contributed by atoms with Crippen LogP contribution < -0.4 is 20.7 Å². The third-order valence-electron chi connectivity index (χ3n) is 8.96. The molecule has 1 aromatic carbocycles. The molecule has 0 aliphatic heterocycles. The van der Waals surface area contributed by atoms with Crippen molar-refractivity contribution in [3.05, 3.63) is 88.1 Å². The van der Waals surface area contributed by atoms with Crippen LogP contribution in [-0.2, 0) is 12.5 Å². The van der Waals surface area contributed by atoms with E-state index >= 15 is 4.39 Å². The van der Waals surface area contributed by atoms with Gasteiger partial charge in [-0.15, -0.1) is 0 Å². The zero-order chi connectivity index (χ0) is 35.6. The standard InChI is InChI=1S/C36H48ClFN6O2.OS/c1-9-25(7)36(39-8)28-13-11-10-12-26(28)19-32(36)46-34-29(37)21-41-35(43-34)42-31-20-30(38)27(18-24(31)6)33(45)40-15-17-44(23(4)5)16-14-22(2)3;1-2/h12-14,16,18,20-22,25,32,39H,4,9-11,15,17,19H2,1-3,5-8H3,(H,40,45)(H,41,42,43);/b16-14-;/t25-,32?,36+;/m1./s1. The van der Waals surface area contributed by atoms with Crippen molar-refractivity contribution in [2.24, 2.45) is 11.8 Å². The van der Waals surface area contributed by atoms with E-state index in [0.29, 0.717) is 36.2 Å². The van der Waals surface area contributed by atoms with Crippen molar-refractivity contribution in [2.45, 2.75) is 78.9 Å². The van der Waals surface area contributed by atoms with E-state index in [1.807, 2.05) is 25.1 Å². The van der Waals surface area contributed by atoms with E-state index in [1.165, 1.54) is 29.5 Å². The zero-order valence-corrected chi connectivity index (χ0v) is 30.5. The lowest BCUT2D eigenvalue weighted by Gasteiger charge is -2.41. The maximum Gasteiger partial charge on any atom is 0.254 e. The molecular weight excluding hydrogens is 651 g/mol. The number of hydrogen-bond acceptors (Lipinski definition) is 9. The summed E-state index contributed by atoms with van der Waals surface area (Å²) in [6.07, 6.45) is 13.7. The lowest BCUT2D eigenvalue weighted by molar-refractivity contribution is 0.0876. The molecule has 1 saturated carbocycles. The van der Waals surface area contributed by atoms with Gasteiger partial charge in [-0.25, -0.2) is 9.37 Å². The smallest absolute Gasteiger partial charge is 0.254 e. The first kappa shape index (κ1) is 38.8. The van der Waals surface area contributed by atoms with Gasteiger partial charge >= 0.3 is 0 Å². The fourth-order valence-corrected chi connectivity index (χ4v) is 6.40. The number of aryl methyl sites for hydroxylation is 1. The molecule has 3 atom stereocenters. The largest absolute Gasteiger partial charge is 0.470 e. The molecule has 2 aromatic rings. The van der Waals surface area contributed by atoms with Gasteiger partial charge in [0.2, 0.25) is 11.8 Å². The van der Waals surface area contributed by atoms with Gasteiger partial charge in [-0.1, -0.05) is 70.5 Å². The van der Waals surface area contributed by atoms with Crippen LogP contribution in [0.3, 0.4) is 0 Å². The molecule has 1 fully saturated rings. The molecule has 0 radical (unpaired) electrons. The van der Waals surface area contributed by atoms with Gasteiger partial charge in [-0.3, -0.25) is 4.79 Å². The number of allylic oxidation sites excluding steroid dienone is 4. The molecule has 48 heavy (non-hydrogen) atoms. The number of anilines is 2. The van der Waals surface area contributed by atoms with Crippen molar-refractivity contribution >= 4 is 41.7 Å². The summed E-state index contributed by atoms with van der Waals surface area (Å²) in [5.74, 6) is 0.00243. The molecule has 0 bridgehead atoms. The van der Waals surface area contributed by atoms with Crippen LogP contribution >= 0.6 is 11.6 Å². The van der Waals surface area contributed by atoms with Gasteiger partial charge in [0.05, 0.1) is 17.3 Å². The highest BCUT2D eigenvalue weighted by molar-refractivity contribution is 7.44. The van der Waals surface area contributed by atoms with Gasteiger partial charge < -0.3 is 25.6 Å². The van der Waals surface area contributed by atoms with E-state index in [9.17, 15) is 4.79 Å². The second-order valence-corrected chi connectivity index (χ2v) is 13.0. The Labute approximate surface area is 294 Å². The first-order chi connectivity index (χ1) is 22.9. The van der Waals surface area contributed by atoms with Crippen molar-refractivity contribution in [3.8, 4) is 5.88 Å². The van der Waals surface area contributed by atoms with E-state index in [1.54, 1.807) is 6.92 Å². The molecule has 4 rings (SSSR count). The molecule has 1 aromatic heterocycles.